The fourth-order valence-electron chi connectivity index (χ4n) is 0.636. The molecule has 3 heteroatoms. The molecule has 0 amide bonds. The number of aryl methyl sites for hydroxylation is 1. The van der Waals surface area contributed by atoms with E-state index in [4.69, 9.17) is 0 Å². The van der Waals surface area contributed by atoms with E-state index in [1.54, 1.807) is 6.07 Å². The van der Waals surface area contributed by atoms with E-state index < -0.39 is 0 Å². The molecule has 0 saturated carbocycles. The SMILES string of the molecule is Cc1cc(Br)c(Br)cc1O. The third kappa shape index (κ3) is 1.52. The number of hydrogen-bond donors (Lipinski definition) is 1. The van der Waals surface area contributed by atoms with Crippen molar-refractivity contribution in [1.29, 1.82) is 0 Å². The fraction of sp³-hybridized carbons (Fsp3) is 0.143. The van der Waals surface area contributed by atoms with Gasteiger partial charge < -0.3 is 5.11 Å². The fourth-order valence-corrected chi connectivity index (χ4v) is 1.42. The molecule has 0 aliphatic heterocycles. The lowest BCUT2D eigenvalue weighted by Gasteiger charge is -2.00. The van der Waals surface area contributed by atoms with Gasteiger partial charge in [-0.2, -0.15) is 0 Å². The Labute approximate surface area is 76.3 Å². The Morgan fingerprint density at radius 2 is 1.70 bits per heavy atom. The summed E-state index contributed by atoms with van der Waals surface area (Å²) in [7, 11) is 0. The molecule has 1 aromatic rings. The average Bonchev–Trinajstić information content (AvgIpc) is 1.84. The zero-order chi connectivity index (χ0) is 7.72. The zero-order valence-electron chi connectivity index (χ0n) is 5.36. The minimum absolute atomic E-state index is 0.315. The molecular formula is C7H6Br2O. The summed E-state index contributed by atoms with van der Waals surface area (Å²) in [6, 6.07) is 3.53. The van der Waals surface area contributed by atoms with Crippen molar-refractivity contribution >= 4 is 31.9 Å². The van der Waals surface area contributed by atoms with Gasteiger partial charge >= 0.3 is 0 Å². The van der Waals surface area contributed by atoms with Crippen molar-refractivity contribution in [2.45, 2.75) is 6.92 Å². The largest absolute Gasteiger partial charge is 0.508 e. The highest BCUT2D eigenvalue weighted by atomic mass is 79.9. The predicted octanol–water partition coefficient (Wildman–Crippen LogP) is 3.23. The molecule has 0 fully saturated rings. The summed E-state index contributed by atoms with van der Waals surface area (Å²) in [6.45, 7) is 1.85. The summed E-state index contributed by atoms with van der Waals surface area (Å²) >= 11 is 6.60. The highest BCUT2D eigenvalue weighted by Crippen LogP contribution is 2.29. The quantitative estimate of drug-likeness (QED) is 0.764. The molecular weight excluding hydrogens is 260 g/mol. The second-order valence-electron chi connectivity index (χ2n) is 2.05. The van der Waals surface area contributed by atoms with Gasteiger partial charge in [0.25, 0.3) is 0 Å². The maximum absolute atomic E-state index is 9.17. The third-order valence-corrected chi connectivity index (χ3v) is 3.08. The first-order valence-corrected chi connectivity index (χ1v) is 4.34. The van der Waals surface area contributed by atoms with Gasteiger partial charge in [-0.15, -0.1) is 0 Å². The topological polar surface area (TPSA) is 20.2 Å². The number of aromatic hydroxyl groups is 1. The Morgan fingerprint density at radius 1 is 1.20 bits per heavy atom. The normalized spacial score (nSPS) is 9.90. The van der Waals surface area contributed by atoms with Crippen molar-refractivity contribution in [1.82, 2.24) is 0 Å². The van der Waals surface area contributed by atoms with Crippen LogP contribution in [0, 0.1) is 6.92 Å². The lowest BCUT2D eigenvalue weighted by atomic mass is 10.2. The van der Waals surface area contributed by atoms with Crippen LogP contribution in [-0.2, 0) is 0 Å². The molecule has 0 heterocycles. The average molecular weight is 266 g/mol. The Hall–Kier alpha value is -0.0200. The van der Waals surface area contributed by atoms with Gasteiger partial charge in [0.2, 0.25) is 0 Å². The summed E-state index contributed by atoms with van der Waals surface area (Å²) < 4.78 is 1.83. The maximum Gasteiger partial charge on any atom is 0.119 e. The smallest absolute Gasteiger partial charge is 0.119 e. The summed E-state index contributed by atoms with van der Waals surface area (Å²) in [4.78, 5) is 0. The van der Waals surface area contributed by atoms with Gasteiger partial charge in [-0.05, 0) is 56.5 Å². The lowest BCUT2D eigenvalue weighted by Crippen LogP contribution is -1.75. The standard InChI is InChI=1S/C7H6Br2O/c1-4-2-5(8)6(9)3-7(4)10/h2-3,10H,1H3. The number of hydrogen-bond acceptors (Lipinski definition) is 1. The Bertz CT molecular complexity index is 208. The van der Waals surface area contributed by atoms with Gasteiger partial charge in [-0.25, -0.2) is 0 Å². The molecule has 0 bridgehead atoms. The Morgan fingerprint density at radius 3 is 2.20 bits per heavy atom. The van der Waals surface area contributed by atoms with Crippen LogP contribution in [0.5, 0.6) is 5.75 Å². The van der Waals surface area contributed by atoms with Crippen LogP contribution in [0.25, 0.3) is 0 Å². The third-order valence-electron chi connectivity index (χ3n) is 1.24. The monoisotopic (exact) mass is 264 g/mol. The van der Waals surface area contributed by atoms with Gasteiger partial charge in [0, 0.05) is 8.95 Å². The van der Waals surface area contributed by atoms with Gasteiger partial charge in [-0.1, -0.05) is 0 Å². The van der Waals surface area contributed by atoms with Gasteiger partial charge in [0.1, 0.15) is 5.75 Å². The molecule has 0 radical (unpaired) electrons. The molecule has 0 spiro atoms. The second kappa shape index (κ2) is 2.93. The van der Waals surface area contributed by atoms with Crippen LogP contribution in [-0.4, -0.2) is 5.11 Å². The summed E-state index contributed by atoms with van der Waals surface area (Å²) in [5.41, 5.74) is 0.870. The van der Waals surface area contributed by atoms with Crippen molar-refractivity contribution < 1.29 is 5.11 Å². The lowest BCUT2D eigenvalue weighted by molar-refractivity contribution is 0.470. The Balaban J connectivity index is 3.28. The molecule has 1 aromatic carbocycles. The van der Waals surface area contributed by atoms with Gasteiger partial charge in [0.15, 0.2) is 0 Å². The van der Waals surface area contributed by atoms with Crippen LogP contribution in [0.4, 0.5) is 0 Å². The van der Waals surface area contributed by atoms with Gasteiger partial charge in [0.05, 0.1) is 0 Å². The van der Waals surface area contributed by atoms with E-state index in [1.807, 2.05) is 13.0 Å². The maximum atomic E-state index is 9.17. The van der Waals surface area contributed by atoms with Crippen LogP contribution in [0.1, 0.15) is 5.56 Å². The van der Waals surface area contributed by atoms with Crippen molar-refractivity contribution in [3.8, 4) is 5.75 Å². The number of benzene rings is 1. The van der Waals surface area contributed by atoms with Crippen molar-refractivity contribution in [3.05, 3.63) is 26.6 Å². The van der Waals surface area contributed by atoms with Crippen LogP contribution in [0.2, 0.25) is 0 Å². The number of halogens is 2. The van der Waals surface area contributed by atoms with E-state index in [-0.39, 0.29) is 0 Å². The van der Waals surface area contributed by atoms with E-state index in [2.05, 4.69) is 31.9 Å². The van der Waals surface area contributed by atoms with E-state index in [0.717, 1.165) is 14.5 Å². The highest BCUT2D eigenvalue weighted by Gasteiger charge is 2.00. The van der Waals surface area contributed by atoms with Crippen LogP contribution in [0.15, 0.2) is 21.1 Å². The predicted molar refractivity (Wildman–Crippen MR) is 48.2 cm³/mol. The van der Waals surface area contributed by atoms with E-state index in [0.29, 0.717) is 5.75 Å². The van der Waals surface area contributed by atoms with E-state index in [9.17, 15) is 5.11 Å². The molecule has 0 aromatic heterocycles. The first-order chi connectivity index (χ1) is 4.61. The zero-order valence-corrected chi connectivity index (χ0v) is 8.53. The molecule has 1 N–H and O–H groups in total. The molecule has 0 saturated heterocycles. The molecule has 0 unspecified atom stereocenters. The summed E-state index contributed by atoms with van der Waals surface area (Å²) in [5.74, 6) is 0.315. The second-order valence-corrected chi connectivity index (χ2v) is 3.76. The van der Waals surface area contributed by atoms with E-state index >= 15 is 0 Å². The first kappa shape index (κ1) is 8.08. The molecule has 0 aliphatic carbocycles. The van der Waals surface area contributed by atoms with E-state index in [1.165, 1.54) is 0 Å². The molecule has 0 atom stereocenters. The highest BCUT2D eigenvalue weighted by molar-refractivity contribution is 9.13. The summed E-state index contributed by atoms with van der Waals surface area (Å²) in [5, 5.41) is 9.17. The number of phenols is 1. The van der Waals surface area contributed by atoms with Crippen LogP contribution < -0.4 is 0 Å². The van der Waals surface area contributed by atoms with Crippen molar-refractivity contribution in [2.75, 3.05) is 0 Å². The summed E-state index contributed by atoms with van der Waals surface area (Å²) in [6.07, 6.45) is 0. The molecule has 10 heavy (non-hydrogen) atoms. The van der Waals surface area contributed by atoms with Gasteiger partial charge in [-0.3, -0.25) is 0 Å². The molecule has 1 rings (SSSR count). The number of rotatable bonds is 0. The molecule has 1 nitrogen and oxygen atoms in total. The van der Waals surface area contributed by atoms with Crippen molar-refractivity contribution in [3.63, 3.8) is 0 Å². The van der Waals surface area contributed by atoms with Crippen molar-refractivity contribution in [2.24, 2.45) is 0 Å². The molecule has 54 valence electrons. The molecule has 0 aliphatic rings. The van der Waals surface area contributed by atoms with Crippen LogP contribution in [0.3, 0.4) is 0 Å². The first-order valence-electron chi connectivity index (χ1n) is 2.76. The minimum atomic E-state index is 0.315. The minimum Gasteiger partial charge on any atom is -0.508 e. The number of phenolic OH excluding ortho intramolecular Hbond substituents is 1. The van der Waals surface area contributed by atoms with Crippen LogP contribution >= 0.6 is 31.9 Å². The Kier molecular flexibility index (Phi) is 2.36.